The Labute approximate surface area is 123 Å². The van der Waals surface area contributed by atoms with E-state index in [4.69, 9.17) is 23.2 Å². The molecule has 0 amide bonds. The maximum absolute atomic E-state index is 12.3. The normalized spacial score (nSPS) is 12.4. The standard InChI is InChI=1S/C11H16Cl2N2O3S/c1-14(2)6-7-15(3)19(17,18)9-5-4-8(12)10(13)11(9)16/h4-5,16H,6-7H2,1-3H3. The largest absolute Gasteiger partial charge is 0.505 e. The fourth-order valence-corrected chi connectivity index (χ4v) is 2.98. The highest BCUT2D eigenvalue weighted by atomic mass is 35.5. The topological polar surface area (TPSA) is 60.9 Å². The molecule has 0 radical (unpaired) electrons. The molecule has 0 saturated carbocycles. The molecule has 0 aliphatic rings. The monoisotopic (exact) mass is 326 g/mol. The van der Waals surface area contributed by atoms with E-state index in [-0.39, 0.29) is 14.9 Å². The number of sulfonamides is 1. The first-order chi connectivity index (χ1) is 8.67. The van der Waals surface area contributed by atoms with E-state index in [9.17, 15) is 13.5 Å². The molecule has 19 heavy (non-hydrogen) atoms. The van der Waals surface area contributed by atoms with Gasteiger partial charge in [-0.15, -0.1) is 0 Å². The molecular weight excluding hydrogens is 311 g/mol. The minimum absolute atomic E-state index is 0.106. The van der Waals surface area contributed by atoms with E-state index >= 15 is 0 Å². The van der Waals surface area contributed by atoms with Gasteiger partial charge in [-0.1, -0.05) is 23.2 Å². The predicted molar refractivity (Wildman–Crippen MR) is 76.5 cm³/mol. The van der Waals surface area contributed by atoms with Crippen LogP contribution in [0.4, 0.5) is 0 Å². The average Bonchev–Trinajstić information content (AvgIpc) is 2.32. The number of nitrogens with zero attached hydrogens (tertiary/aromatic N) is 2. The minimum atomic E-state index is -3.79. The summed E-state index contributed by atoms with van der Waals surface area (Å²) in [5.41, 5.74) is 0. The van der Waals surface area contributed by atoms with Crippen molar-refractivity contribution in [3.63, 3.8) is 0 Å². The molecule has 0 heterocycles. The van der Waals surface area contributed by atoms with E-state index < -0.39 is 15.8 Å². The second-order valence-electron chi connectivity index (χ2n) is 4.34. The maximum Gasteiger partial charge on any atom is 0.246 e. The number of aromatic hydroxyl groups is 1. The average molecular weight is 327 g/mol. The highest BCUT2D eigenvalue weighted by Gasteiger charge is 2.26. The Kier molecular flexibility index (Phi) is 5.46. The summed E-state index contributed by atoms with van der Waals surface area (Å²) < 4.78 is 25.7. The molecular formula is C11H16Cl2N2O3S. The molecule has 0 spiro atoms. The summed E-state index contributed by atoms with van der Waals surface area (Å²) >= 11 is 11.5. The molecule has 0 aliphatic carbocycles. The Morgan fingerprint density at radius 3 is 2.26 bits per heavy atom. The first kappa shape index (κ1) is 16.5. The molecule has 8 heteroatoms. The van der Waals surface area contributed by atoms with Crippen LogP contribution in [0, 0.1) is 0 Å². The van der Waals surface area contributed by atoms with Crippen LogP contribution in [0.2, 0.25) is 10.0 Å². The molecule has 108 valence electrons. The van der Waals surface area contributed by atoms with Crippen LogP contribution in [0.5, 0.6) is 5.75 Å². The van der Waals surface area contributed by atoms with Gasteiger partial charge in [-0.3, -0.25) is 0 Å². The Hall–Kier alpha value is -0.530. The zero-order valence-electron chi connectivity index (χ0n) is 10.9. The SMILES string of the molecule is CN(C)CCN(C)S(=O)(=O)c1ccc(Cl)c(Cl)c1O. The van der Waals surface area contributed by atoms with E-state index in [2.05, 4.69) is 0 Å². The van der Waals surface area contributed by atoms with Crippen molar-refractivity contribution in [1.29, 1.82) is 0 Å². The van der Waals surface area contributed by atoms with Gasteiger partial charge in [0.15, 0.2) is 5.75 Å². The van der Waals surface area contributed by atoms with E-state index in [1.54, 1.807) is 0 Å². The van der Waals surface area contributed by atoms with Crippen molar-refractivity contribution in [2.24, 2.45) is 0 Å². The summed E-state index contributed by atoms with van der Waals surface area (Å²) in [6.45, 7) is 0.868. The van der Waals surface area contributed by atoms with Crippen molar-refractivity contribution < 1.29 is 13.5 Å². The van der Waals surface area contributed by atoms with Crippen LogP contribution in [-0.2, 0) is 10.0 Å². The lowest BCUT2D eigenvalue weighted by Gasteiger charge is -2.20. The second kappa shape index (κ2) is 6.28. The molecule has 0 fully saturated rings. The van der Waals surface area contributed by atoms with Crippen molar-refractivity contribution >= 4 is 33.2 Å². The number of benzene rings is 1. The van der Waals surface area contributed by atoms with Crippen molar-refractivity contribution in [3.8, 4) is 5.75 Å². The summed E-state index contributed by atoms with van der Waals surface area (Å²) in [5.74, 6) is -0.522. The molecule has 0 aliphatic heterocycles. The van der Waals surface area contributed by atoms with Gasteiger partial charge in [-0.2, -0.15) is 4.31 Å². The van der Waals surface area contributed by atoms with Crippen LogP contribution in [0.3, 0.4) is 0 Å². The number of phenolic OH excluding ortho intramolecular Hbond substituents is 1. The maximum atomic E-state index is 12.3. The molecule has 0 aromatic heterocycles. The van der Waals surface area contributed by atoms with Gasteiger partial charge in [-0.25, -0.2) is 8.42 Å². The van der Waals surface area contributed by atoms with E-state index in [0.29, 0.717) is 13.1 Å². The molecule has 1 aromatic rings. The van der Waals surface area contributed by atoms with Gasteiger partial charge in [-0.05, 0) is 26.2 Å². The highest BCUT2D eigenvalue weighted by molar-refractivity contribution is 7.89. The summed E-state index contributed by atoms with van der Waals surface area (Å²) in [7, 11) is 1.34. The molecule has 1 aromatic carbocycles. The molecule has 0 bridgehead atoms. The summed E-state index contributed by atoms with van der Waals surface area (Å²) in [4.78, 5) is 1.61. The van der Waals surface area contributed by atoms with Crippen molar-refractivity contribution in [1.82, 2.24) is 9.21 Å². The van der Waals surface area contributed by atoms with Crippen LogP contribution in [-0.4, -0.2) is 57.0 Å². The molecule has 0 unspecified atom stereocenters. The number of rotatable bonds is 5. The van der Waals surface area contributed by atoms with Crippen LogP contribution in [0.25, 0.3) is 0 Å². The van der Waals surface area contributed by atoms with Crippen LogP contribution in [0.1, 0.15) is 0 Å². The Morgan fingerprint density at radius 2 is 1.74 bits per heavy atom. The van der Waals surface area contributed by atoms with E-state index in [0.717, 1.165) is 4.31 Å². The highest BCUT2D eigenvalue weighted by Crippen LogP contribution is 2.37. The third-order valence-corrected chi connectivity index (χ3v) is 5.27. The third kappa shape index (κ3) is 3.73. The zero-order valence-corrected chi connectivity index (χ0v) is 13.2. The van der Waals surface area contributed by atoms with Crippen LogP contribution < -0.4 is 0 Å². The lowest BCUT2D eigenvalue weighted by atomic mass is 10.3. The van der Waals surface area contributed by atoms with Crippen molar-refractivity contribution in [2.45, 2.75) is 4.90 Å². The Morgan fingerprint density at radius 1 is 1.16 bits per heavy atom. The number of phenols is 1. The smallest absolute Gasteiger partial charge is 0.246 e. The zero-order chi connectivity index (χ0) is 14.8. The number of halogens is 2. The second-order valence-corrected chi connectivity index (χ2v) is 7.14. The lowest BCUT2D eigenvalue weighted by molar-refractivity contribution is 0.357. The van der Waals surface area contributed by atoms with Gasteiger partial charge in [0.05, 0.1) is 5.02 Å². The quantitative estimate of drug-likeness (QED) is 0.897. The van der Waals surface area contributed by atoms with Gasteiger partial charge < -0.3 is 10.0 Å². The van der Waals surface area contributed by atoms with Gasteiger partial charge in [0.25, 0.3) is 0 Å². The van der Waals surface area contributed by atoms with Crippen LogP contribution >= 0.6 is 23.2 Å². The Balaban J connectivity index is 3.10. The fraction of sp³-hybridized carbons (Fsp3) is 0.455. The Bertz CT molecular complexity index is 561. The predicted octanol–water partition coefficient (Wildman–Crippen LogP) is 1.88. The molecule has 0 atom stereocenters. The number of likely N-dealkylation sites (N-methyl/N-ethyl adjacent to an activating group) is 2. The summed E-state index contributed by atoms with van der Waals surface area (Å²) in [5, 5.41) is 9.75. The third-order valence-electron chi connectivity index (χ3n) is 2.58. The number of hydrogen-bond donors (Lipinski definition) is 1. The molecule has 0 saturated heterocycles. The summed E-state index contributed by atoms with van der Waals surface area (Å²) in [6, 6.07) is 2.58. The van der Waals surface area contributed by atoms with Gasteiger partial charge in [0.1, 0.15) is 9.92 Å². The van der Waals surface area contributed by atoms with Crippen molar-refractivity contribution in [2.75, 3.05) is 34.2 Å². The van der Waals surface area contributed by atoms with Gasteiger partial charge in [0.2, 0.25) is 10.0 Å². The van der Waals surface area contributed by atoms with Crippen LogP contribution in [0.15, 0.2) is 17.0 Å². The molecule has 5 nitrogen and oxygen atoms in total. The molecule has 1 N–H and O–H groups in total. The van der Waals surface area contributed by atoms with Gasteiger partial charge >= 0.3 is 0 Å². The first-order valence-corrected chi connectivity index (χ1v) is 7.65. The molecule has 1 rings (SSSR count). The first-order valence-electron chi connectivity index (χ1n) is 5.46. The lowest BCUT2D eigenvalue weighted by Crippen LogP contribution is -2.33. The minimum Gasteiger partial charge on any atom is -0.505 e. The fourth-order valence-electron chi connectivity index (χ4n) is 1.36. The number of hydrogen-bond acceptors (Lipinski definition) is 4. The van der Waals surface area contributed by atoms with E-state index in [1.807, 2.05) is 19.0 Å². The van der Waals surface area contributed by atoms with Gasteiger partial charge in [0, 0.05) is 20.1 Å². The van der Waals surface area contributed by atoms with Crippen molar-refractivity contribution in [3.05, 3.63) is 22.2 Å². The van der Waals surface area contributed by atoms with E-state index in [1.165, 1.54) is 19.2 Å². The summed E-state index contributed by atoms with van der Waals surface area (Å²) in [6.07, 6.45) is 0.